The van der Waals surface area contributed by atoms with E-state index in [4.69, 9.17) is 0 Å². The third-order valence-corrected chi connectivity index (χ3v) is 8.35. The third-order valence-electron chi connectivity index (χ3n) is 8.35. The lowest BCUT2D eigenvalue weighted by atomic mass is 9.82. The van der Waals surface area contributed by atoms with Gasteiger partial charge in [0.2, 0.25) is 0 Å². The highest BCUT2D eigenvalue weighted by atomic mass is 14.2. The predicted octanol–water partition coefficient (Wildman–Crippen LogP) is 10.1. The zero-order chi connectivity index (χ0) is 24.3. The zero-order valence-electron chi connectivity index (χ0n) is 20.7. The molecule has 0 aromatic heterocycles. The maximum absolute atomic E-state index is 2.52. The van der Waals surface area contributed by atoms with Crippen molar-refractivity contribution in [1.29, 1.82) is 0 Å². The minimum absolute atomic E-state index is 1.18. The van der Waals surface area contributed by atoms with E-state index >= 15 is 0 Å². The van der Waals surface area contributed by atoms with Gasteiger partial charge >= 0.3 is 0 Å². The van der Waals surface area contributed by atoms with Crippen LogP contribution < -0.4 is 0 Å². The van der Waals surface area contributed by atoms with Crippen LogP contribution in [0.15, 0.2) is 121 Å². The van der Waals surface area contributed by atoms with Crippen LogP contribution in [-0.4, -0.2) is 0 Å². The summed E-state index contributed by atoms with van der Waals surface area (Å²) in [6.45, 7) is 0. The molecule has 1 aliphatic rings. The van der Waals surface area contributed by atoms with Crippen molar-refractivity contribution in [3.63, 3.8) is 0 Å². The maximum atomic E-state index is 2.52. The van der Waals surface area contributed by atoms with Crippen molar-refractivity contribution in [1.82, 2.24) is 0 Å². The molecular weight excluding hydrogens is 444 g/mol. The van der Waals surface area contributed by atoms with Crippen LogP contribution in [0.1, 0.15) is 17.5 Å². The Labute approximate surface area is 216 Å². The van der Waals surface area contributed by atoms with Gasteiger partial charge in [-0.3, -0.25) is 0 Å². The van der Waals surface area contributed by atoms with Crippen molar-refractivity contribution in [2.45, 2.75) is 19.3 Å². The number of aryl methyl sites for hydroxylation is 2. The van der Waals surface area contributed by atoms with E-state index in [2.05, 4.69) is 121 Å². The summed E-state index contributed by atoms with van der Waals surface area (Å²) in [5.41, 5.74) is 8.41. The smallest absolute Gasteiger partial charge is 0.00200 e. The van der Waals surface area contributed by atoms with Gasteiger partial charge in [0.25, 0.3) is 0 Å². The first-order valence-corrected chi connectivity index (χ1v) is 13.3. The molecule has 0 saturated heterocycles. The molecule has 0 N–H and O–H groups in total. The molecule has 7 aromatic carbocycles. The Morgan fingerprint density at radius 2 is 0.757 bits per heavy atom. The highest BCUT2D eigenvalue weighted by Gasteiger charge is 2.22. The largest absolute Gasteiger partial charge is 0.0616 e. The van der Waals surface area contributed by atoms with Crippen molar-refractivity contribution in [3.05, 3.63) is 132 Å². The average Bonchev–Trinajstić information content (AvgIpc) is 3.42. The average molecular weight is 471 g/mol. The maximum Gasteiger partial charge on any atom is -0.00200 e. The van der Waals surface area contributed by atoms with Crippen LogP contribution in [0, 0.1) is 0 Å². The summed E-state index contributed by atoms with van der Waals surface area (Å²) in [5.74, 6) is 0. The molecule has 0 aliphatic heterocycles. The molecule has 0 bridgehead atoms. The monoisotopic (exact) mass is 470 g/mol. The van der Waals surface area contributed by atoms with Crippen LogP contribution in [0.2, 0.25) is 0 Å². The van der Waals surface area contributed by atoms with Crippen molar-refractivity contribution in [2.24, 2.45) is 0 Å². The third kappa shape index (κ3) is 3.09. The van der Waals surface area contributed by atoms with E-state index in [0.717, 1.165) is 0 Å². The van der Waals surface area contributed by atoms with E-state index in [1.54, 1.807) is 0 Å². The molecule has 174 valence electrons. The van der Waals surface area contributed by atoms with E-state index < -0.39 is 0 Å². The molecule has 0 heterocycles. The van der Waals surface area contributed by atoms with Crippen LogP contribution in [0.25, 0.3) is 65.3 Å². The number of fused-ring (bicyclic) bond motifs is 5. The Morgan fingerprint density at radius 1 is 0.351 bits per heavy atom. The van der Waals surface area contributed by atoms with Gasteiger partial charge in [0.15, 0.2) is 0 Å². The Morgan fingerprint density at radius 3 is 1.24 bits per heavy atom. The fourth-order valence-corrected chi connectivity index (χ4v) is 6.71. The lowest BCUT2D eigenvalue weighted by Crippen LogP contribution is -1.94. The Hall–Kier alpha value is -4.42. The number of benzene rings is 7. The lowest BCUT2D eigenvalue weighted by Gasteiger charge is -2.20. The second-order valence-corrected chi connectivity index (χ2v) is 10.4. The molecule has 0 spiro atoms. The number of rotatable bonds is 2. The van der Waals surface area contributed by atoms with E-state index in [0.29, 0.717) is 0 Å². The first-order valence-electron chi connectivity index (χ1n) is 13.3. The second kappa shape index (κ2) is 8.05. The fraction of sp³-hybridized carbons (Fsp3) is 0.0811. The molecular formula is C37H26. The predicted molar refractivity (Wildman–Crippen MR) is 159 cm³/mol. The molecule has 0 fully saturated rings. The van der Waals surface area contributed by atoms with Gasteiger partial charge in [-0.15, -0.1) is 0 Å². The molecule has 0 saturated carbocycles. The Bertz CT molecular complexity index is 1850. The summed E-state index contributed by atoms with van der Waals surface area (Å²) in [4.78, 5) is 0. The number of hydrogen-bond acceptors (Lipinski definition) is 0. The van der Waals surface area contributed by atoms with Gasteiger partial charge in [-0.1, -0.05) is 121 Å². The Balaban J connectivity index is 1.61. The highest BCUT2D eigenvalue weighted by Crippen LogP contribution is 2.47. The van der Waals surface area contributed by atoms with Crippen molar-refractivity contribution >= 4 is 43.1 Å². The van der Waals surface area contributed by atoms with Gasteiger partial charge in [-0.2, -0.15) is 0 Å². The summed E-state index contributed by atoms with van der Waals surface area (Å²) in [5, 5.41) is 10.6. The van der Waals surface area contributed by atoms with Crippen molar-refractivity contribution in [3.8, 4) is 22.3 Å². The van der Waals surface area contributed by atoms with Gasteiger partial charge in [0.1, 0.15) is 0 Å². The second-order valence-electron chi connectivity index (χ2n) is 10.4. The minimum atomic E-state index is 1.18. The van der Waals surface area contributed by atoms with Crippen molar-refractivity contribution < 1.29 is 0 Å². The molecule has 0 amide bonds. The van der Waals surface area contributed by atoms with E-state index in [1.807, 2.05) is 0 Å². The highest BCUT2D eigenvalue weighted by molar-refractivity contribution is 6.25. The summed E-state index contributed by atoms with van der Waals surface area (Å²) < 4.78 is 0. The van der Waals surface area contributed by atoms with Gasteiger partial charge in [-0.25, -0.2) is 0 Å². The first-order chi connectivity index (χ1) is 18.4. The Kier molecular flexibility index (Phi) is 4.51. The summed E-state index contributed by atoms with van der Waals surface area (Å²) in [7, 11) is 0. The van der Waals surface area contributed by atoms with Crippen LogP contribution in [0.4, 0.5) is 0 Å². The summed E-state index contributed by atoms with van der Waals surface area (Å²) in [6, 6.07) is 45.2. The van der Waals surface area contributed by atoms with Crippen molar-refractivity contribution in [2.75, 3.05) is 0 Å². The van der Waals surface area contributed by atoms with Gasteiger partial charge < -0.3 is 0 Å². The van der Waals surface area contributed by atoms with Gasteiger partial charge in [0.05, 0.1) is 0 Å². The normalized spacial score (nSPS) is 13.1. The van der Waals surface area contributed by atoms with Gasteiger partial charge in [0, 0.05) is 0 Å². The lowest BCUT2D eigenvalue weighted by molar-refractivity contribution is 0.912. The molecule has 37 heavy (non-hydrogen) atoms. The molecule has 0 atom stereocenters. The van der Waals surface area contributed by atoms with E-state index in [9.17, 15) is 0 Å². The minimum Gasteiger partial charge on any atom is -0.0616 e. The molecule has 1 aliphatic carbocycles. The topological polar surface area (TPSA) is 0 Å². The van der Waals surface area contributed by atoms with Crippen LogP contribution in [0.3, 0.4) is 0 Å². The standard InChI is InChI=1S/C37H26/c1-3-16-28-24(10-1)12-8-20-30(28)36-32-18-5-6-19-33(32)37(31-21-9-13-25-11-2-4-17-29(25)31)35-23-27-15-7-14-26(27)22-34(35)36/h1-6,8-13,16-23H,7,14-15H2. The molecule has 7 aromatic rings. The molecule has 0 radical (unpaired) electrons. The van der Waals surface area contributed by atoms with Gasteiger partial charge in [-0.05, 0) is 95.7 Å². The zero-order valence-corrected chi connectivity index (χ0v) is 20.7. The summed E-state index contributed by atoms with van der Waals surface area (Å²) in [6.07, 6.45) is 3.60. The van der Waals surface area contributed by atoms with E-state index in [-0.39, 0.29) is 0 Å². The number of hydrogen-bond donors (Lipinski definition) is 0. The molecule has 8 rings (SSSR count). The SMILES string of the molecule is c1ccc2c(-c3c4ccccc4c(-c4cccc5ccccc45)c4cc5c(cc34)CCC5)cccc2c1. The first kappa shape index (κ1) is 20.7. The van der Waals surface area contributed by atoms with Crippen LogP contribution >= 0.6 is 0 Å². The quantitative estimate of drug-likeness (QED) is 0.220. The van der Waals surface area contributed by atoms with E-state index in [1.165, 1.54) is 95.7 Å². The van der Waals surface area contributed by atoms with Crippen LogP contribution in [-0.2, 0) is 12.8 Å². The van der Waals surface area contributed by atoms with Crippen LogP contribution in [0.5, 0.6) is 0 Å². The summed E-state index contributed by atoms with van der Waals surface area (Å²) >= 11 is 0. The molecule has 0 unspecified atom stereocenters. The molecule has 0 heteroatoms. The molecule has 0 nitrogen and oxygen atoms in total. The fourth-order valence-electron chi connectivity index (χ4n) is 6.71.